The molecule has 0 saturated carbocycles. The lowest BCUT2D eigenvalue weighted by atomic mass is 9.98. The lowest BCUT2D eigenvalue weighted by Crippen LogP contribution is -2.54. The SMILES string of the molecule is O=C(NCc1ccc(C(F)(F)F)c(-c2nc(C(F)(F)F)cc(=O)[nH]2)c1F)C1CN(c2ccc(C(F)(F)F)cn2)C1. The number of alkyl halides is 9. The molecule has 3 heterocycles. The van der Waals surface area contributed by atoms with Crippen LogP contribution in [0.4, 0.5) is 49.7 Å². The van der Waals surface area contributed by atoms with E-state index >= 15 is 4.39 Å². The van der Waals surface area contributed by atoms with Crippen molar-refractivity contribution in [2.45, 2.75) is 25.1 Å². The topological polar surface area (TPSA) is 91.0 Å². The highest BCUT2D eigenvalue weighted by molar-refractivity contribution is 5.81. The van der Waals surface area contributed by atoms with E-state index in [0.29, 0.717) is 18.3 Å². The van der Waals surface area contributed by atoms with Crippen LogP contribution < -0.4 is 15.8 Å². The fourth-order valence-electron chi connectivity index (χ4n) is 3.84. The number of nitrogens with one attached hydrogen (secondary N) is 2. The summed E-state index contributed by atoms with van der Waals surface area (Å²) in [5, 5.41) is 2.30. The minimum atomic E-state index is -5.24. The monoisotopic (exact) mass is 583 g/mol. The van der Waals surface area contributed by atoms with Gasteiger partial charge in [0, 0.05) is 37.5 Å². The van der Waals surface area contributed by atoms with Crippen LogP contribution in [0, 0.1) is 11.7 Å². The largest absolute Gasteiger partial charge is 0.433 e. The molecule has 1 aromatic carbocycles. The Morgan fingerprint density at radius 2 is 1.65 bits per heavy atom. The molecule has 214 valence electrons. The third-order valence-corrected chi connectivity index (χ3v) is 5.90. The van der Waals surface area contributed by atoms with Crippen molar-refractivity contribution >= 4 is 11.7 Å². The van der Waals surface area contributed by atoms with E-state index in [1.165, 1.54) is 4.90 Å². The van der Waals surface area contributed by atoms with Crippen molar-refractivity contribution in [2.24, 2.45) is 5.92 Å². The van der Waals surface area contributed by atoms with Crippen LogP contribution >= 0.6 is 0 Å². The van der Waals surface area contributed by atoms with Gasteiger partial charge in [-0.1, -0.05) is 6.07 Å². The van der Waals surface area contributed by atoms with Crippen molar-refractivity contribution in [3.63, 3.8) is 0 Å². The zero-order valence-corrected chi connectivity index (χ0v) is 19.6. The van der Waals surface area contributed by atoms with Gasteiger partial charge in [0.1, 0.15) is 17.5 Å². The van der Waals surface area contributed by atoms with E-state index in [2.05, 4.69) is 15.3 Å². The predicted octanol–water partition coefficient (Wildman–Crippen LogP) is 4.78. The molecule has 0 unspecified atom stereocenters. The van der Waals surface area contributed by atoms with Crippen LogP contribution in [0.5, 0.6) is 0 Å². The van der Waals surface area contributed by atoms with E-state index in [9.17, 15) is 49.1 Å². The van der Waals surface area contributed by atoms with Crippen LogP contribution in [0.25, 0.3) is 11.4 Å². The number of nitrogens with zero attached hydrogens (tertiary/aromatic N) is 3. The number of carbonyl (C=O) groups excluding carboxylic acids is 1. The average Bonchev–Trinajstić information content (AvgIpc) is 2.80. The van der Waals surface area contributed by atoms with Gasteiger partial charge in [0.2, 0.25) is 5.91 Å². The first kappa shape index (κ1) is 28.8. The maximum atomic E-state index is 15.3. The molecule has 7 nitrogen and oxygen atoms in total. The molecule has 2 aromatic heterocycles. The molecule has 1 aliphatic heterocycles. The Morgan fingerprint density at radius 3 is 2.20 bits per heavy atom. The number of carbonyl (C=O) groups is 1. The summed E-state index contributed by atoms with van der Waals surface area (Å²) >= 11 is 0. The fourth-order valence-corrected chi connectivity index (χ4v) is 3.84. The third kappa shape index (κ3) is 6.02. The van der Waals surface area contributed by atoms with Crippen molar-refractivity contribution in [1.29, 1.82) is 0 Å². The Bertz CT molecular complexity index is 1470. The van der Waals surface area contributed by atoms with Crippen molar-refractivity contribution < 1.29 is 48.7 Å². The number of aromatic amines is 1. The highest BCUT2D eigenvalue weighted by Gasteiger charge is 2.39. The lowest BCUT2D eigenvalue weighted by molar-refractivity contribution is -0.141. The minimum Gasteiger partial charge on any atom is -0.355 e. The second-order valence-electron chi connectivity index (χ2n) is 8.66. The van der Waals surface area contributed by atoms with Crippen LogP contribution in [0.3, 0.4) is 0 Å². The Balaban J connectivity index is 1.51. The summed E-state index contributed by atoms with van der Waals surface area (Å²) in [5.41, 5.74) is -7.97. The number of pyridine rings is 1. The van der Waals surface area contributed by atoms with E-state index in [0.717, 1.165) is 12.1 Å². The maximum Gasteiger partial charge on any atom is 0.433 e. The summed E-state index contributed by atoms with van der Waals surface area (Å²) in [6.07, 6.45) is -14.4. The number of anilines is 1. The van der Waals surface area contributed by atoms with Crippen molar-refractivity contribution in [3.05, 3.63) is 75.1 Å². The molecular formula is C23H15F10N5O2. The van der Waals surface area contributed by atoms with Gasteiger partial charge in [-0.15, -0.1) is 0 Å². The Labute approximate surface area is 216 Å². The molecule has 1 fully saturated rings. The number of hydrogen-bond donors (Lipinski definition) is 2. The average molecular weight is 583 g/mol. The van der Waals surface area contributed by atoms with Crippen LogP contribution in [0.15, 0.2) is 41.3 Å². The first-order valence-electron chi connectivity index (χ1n) is 11.1. The van der Waals surface area contributed by atoms with Crippen molar-refractivity contribution in [2.75, 3.05) is 18.0 Å². The molecule has 3 aromatic rings. The number of hydrogen-bond acceptors (Lipinski definition) is 5. The molecule has 1 amide bonds. The number of halogens is 10. The number of H-pyrrole nitrogens is 1. The molecule has 1 saturated heterocycles. The van der Waals surface area contributed by atoms with Crippen LogP contribution in [-0.4, -0.2) is 33.9 Å². The van der Waals surface area contributed by atoms with E-state index in [4.69, 9.17) is 0 Å². The number of benzene rings is 1. The van der Waals surface area contributed by atoms with Gasteiger partial charge in [-0.25, -0.2) is 14.4 Å². The molecule has 1 aliphatic rings. The van der Waals surface area contributed by atoms with Gasteiger partial charge < -0.3 is 15.2 Å². The van der Waals surface area contributed by atoms with E-state index < -0.39 is 82.0 Å². The van der Waals surface area contributed by atoms with Gasteiger partial charge >= 0.3 is 18.5 Å². The van der Waals surface area contributed by atoms with Crippen molar-refractivity contribution in [3.8, 4) is 11.4 Å². The number of aromatic nitrogens is 3. The standard InChI is InChI=1S/C23H15F10N5O2/c24-18-10(6-35-20(40)11-8-38(9-11)15-4-2-12(7-34-15)21(25,26)27)1-3-13(22(28,29)30)17(18)19-36-14(23(31,32)33)5-16(39)37-19/h1-5,7,11H,6,8-9H2,(H,35,40)(H,36,37,39). The summed E-state index contributed by atoms with van der Waals surface area (Å²) in [5.74, 6) is -4.20. The predicted molar refractivity (Wildman–Crippen MR) is 117 cm³/mol. The Morgan fingerprint density at radius 1 is 0.975 bits per heavy atom. The highest BCUT2D eigenvalue weighted by Crippen LogP contribution is 2.39. The molecule has 0 atom stereocenters. The zero-order valence-electron chi connectivity index (χ0n) is 19.6. The van der Waals surface area contributed by atoms with E-state index in [-0.39, 0.29) is 25.0 Å². The molecule has 2 N–H and O–H groups in total. The number of amides is 1. The van der Waals surface area contributed by atoms with Gasteiger partial charge in [0.05, 0.1) is 22.6 Å². The van der Waals surface area contributed by atoms with E-state index in [1.54, 1.807) is 4.98 Å². The molecule has 40 heavy (non-hydrogen) atoms. The summed E-state index contributed by atoms with van der Waals surface area (Å²) in [4.78, 5) is 34.0. The highest BCUT2D eigenvalue weighted by atomic mass is 19.4. The lowest BCUT2D eigenvalue weighted by Gasteiger charge is -2.39. The van der Waals surface area contributed by atoms with E-state index in [1.807, 2.05) is 0 Å². The van der Waals surface area contributed by atoms with Gasteiger partial charge in [-0.3, -0.25) is 9.59 Å². The van der Waals surface area contributed by atoms with Crippen LogP contribution in [-0.2, 0) is 29.9 Å². The summed E-state index contributed by atoms with van der Waals surface area (Å²) < 4.78 is 133. The third-order valence-electron chi connectivity index (χ3n) is 5.90. The molecule has 0 aliphatic carbocycles. The van der Waals surface area contributed by atoms with Gasteiger partial charge in [-0.2, -0.15) is 39.5 Å². The smallest absolute Gasteiger partial charge is 0.355 e. The van der Waals surface area contributed by atoms with Crippen LogP contribution in [0.2, 0.25) is 0 Å². The summed E-state index contributed by atoms with van der Waals surface area (Å²) in [7, 11) is 0. The minimum absolute atomic E-state index is 0.000841. The molecule has 0 spiro atoms. The summed E-state index contributed by atoms with van der Waals surface area (Å²) in [6.45, 7) is -0.616. The molecule has 4 rings (SSSR count). The molecule has 17 heteroatoms. The van der Waals surface area contributed by atoms with Crippen LogP contribution in [0.1, 0.15) is 22.4 Å². The Hall–Kier alpha value is -4.18. The second-order valence-corrected chi connectivity index (χ2v) is 8.66. The fraction of sp³-hybridized carbons (Fsp3) is 0.304. The first-order chi connectivity index (χ1) is 18.4. The van der Waals surface area contributed by atoms with Gasteiger partial charge in [0.25, 0.3) is 5.56 Å². The normalized spacial score (nSPS) is 14.7. The first-order valence-corrected chi connectivity index (χ1v) is 11.1. The maximum absolute atomic E-state index is 15.3. The Kier molecular flexibility index (Phi) is 7.27. The van der Waals surface area contributed by atoms with Gasteiger partial charge in [-0.05, 0) is 18.2 Å². The summed E-state index contributed by atoms with van der Waals surface area (Å²) in [6, 6.07) is 2.98. The number of rotatable bonds is 5. The zero-order chi connectivity index (χ0) is 29.6. The quantitative estimate of drug-likeness (QED) is 0.422. The second kappa shape index (κ2) is 10.1. The molecular weight excluding hydrogens is 568 g/mol. The van der Waals surface area contributed by atoms with Gasteiger partial charge in [0.15, 0.2) is 5.69 Å². The molecule has 0 radical (unpaired) electrons. The molecule has 0 bridgehead atoms. The van der Waals surface area contributed by atoms with Crippen molar-refractivity contribution in [1.82, 2.24) is 20.3 Å².